The maximum absolute atomic E-state index is 12.5. The van der Waals surface area contributed by atoms with Gasteiger partial charge in [0.2, 0.25) is 5.91 Å². The zero-order chi connectivity index (χ0) is 12.3. The average molecular weight is 350 g/mol. The first-order valence-electron chi connectivity index (χ1n) is 6.86. The molecule has 2 fully saturated rings. The third-order valence-electron chi connectivity index (χ3n) is 4.16. The van der Waals surface area contributed by atoms with E-state index >= 15 is 0 Å². The van der Waals surface area contributed by atoms with Crippen LogP contribution in [-0.4, -0.2) is 34.5 Å². The van der Waals surface area contributed by atoms with Gasteiger partial charge in [-0.15, -0.1) is 0 Å². The maximum atomic E-state index is 12.5. The standard InChI is InChI=1S/C13H23IN2O/c1-15-12(10-6-3-2-4-7-10)13(17)16-9-5-8-11(16)14/h10-12,15H,2-9H2,1H3/t11?,12-/m1/s1. The molecule has 1 saturated carbocycles. The van der Waals surface area contributed by atoms with Crippen molar-refractivity contribution >= 4 is 28.5 Å². The Labute approximate surface area is 118 Å². The number of hydrogen-bond acceptors (Lipinski definition) is 2. The fraction of sp³-hybridized carbons (Fsp3) is 0.923. The van der Waals surface area contributed by atoms with E-state index < -0.39 is 0 Å². The number of likely N-dealkylation sites (N-methyl/N-ethyl adjacent to an activating group) is 1. The van der Waals surface area contributed by atoms with Gasteiger partial charge in [0.25, 0.3) is 0 Å². The van der Waals surface area contributed by atoms with Crippen molar-refractivity contribution in [1.29, 1.82) is 0 Å². The SMILES string of the molecule is CN[C@@H](C(=O)N1CCCC1I)C1CCCCC1. The number of carbonyl (C=O) groups excluding carboxylic acids is 1. The Bertz CT molecular complexity index is 266. The molecule has 1 N–H and O–H groups in total. The fourth-order valence-corrected chi connectivity index (χ4v) is 4.17. The van der Waals surface area contributed by atoms with Gasteiger partial charge in [-0.05, 0) is 38.6 Å². The van der Waals surface area contributed by atoms with E-state index in [9.17, 15) is 4.79 Å². The smallest absolute Gasteiger partial charge is 0.240 e. The minimum Gasteiger partial charge on any atom is -0.329 e. The minimum absolute atomic E-state index is 0.0608. The molecule has 0 bridgehead atoms. The van der Waals surface area contributed by atoms with Crippen molar-refractivity contribution in [2.24, 2.45) is 5.92 Å². The highest BCUT2D eigenvalue weighted by molar-refractivity contribution is 14.1. The number of carbonyl (C=O) groups is 1. The van der Waals surface area contributed by atoms with Gasteiger partial charge in [0.05, 0.1) is 10.1 Å². The predicted octanol–water partition coefficient (Wildman–Crippen LogP) is 2.54. The molecule has 4 heteroatoms. The van der Waals surface area contributed by atoms with E-state index in [2.05, 4.69) is 32.8 Å². The van der Waals surface area contributed by atoms with Crippen molar-refractivity contribution in [3.63, 3.8) is 0 Å². The summed E-state index contributed by atoms with van der Waals surface area (Å²) in [7, 11) is 1.94. The molecule has 1 unspecified atom stereocenters. The highest BCUT2D eigenvalue weighted by Crippen LogP contribution is 2.30. The van der Waals surface area contributed by atoms with Gasteiger partial charge in [-0.2, -0.15) is 0 Å². The van der Waals surface area contributed by atoms with Gasteiger partial charge in [-0.25, -0.2) is 0 Å². The van der Waals surface area contributed by atoms with Gasteiger partial charge in [-0.1, -0.05) is 41.9 Å². The highest BCUT2D eigenvalue weighted by atomic mass is 127. The first-order chi connectivity index (χ1) is 8.24. The Morgan fingerprint density at radius 3 is 2.47 bits per heavy atom. The van der Waals surface area contributed by atoms with Gasteiger partial charge in [-0.3, -0.25) is 4.79 Å². The fourth-order valence-electron chi connectivity index (χ4n) is 3.18. The Hall–Kier alpha value is 0.160. The van der Waals surface area contributed by atoms with E-state index in [1.807, 2.05) is 7.05 Å². The largest absolute Gasteiger partial charge is 0.329 e. The van der Waals surface area contributed by atoms with Crippen LogP contribution in [0.2, 0.25) is 0 Å². The normalized spacial score (nSPS) is 28.4. The number of hydrogen-bond donors (Lipinski definition) is 1. The molecule has 17 heavy (non-hydrogen) atoms. The van der Waals surface area contributed by atoms with Crippen molar-refractivity contribution in [2.75, 3.05) is 13.6 Å². The second kappa shape index (κ2) is 6.36. The molecule has 1 saturated heterocycles. The second-order valence-electron chi connectivity index (χ2n) is 5.27. The summed E-state index contributed by atoms with van der Waals surface area (Å²) in [6, 6.07) is 0.0608. The van der Waals surface area contributed by atoms with Crippen LogP contribution in [-0.2, 0) is 4.79 Å². The molecule has 1 aliphatic carbocycles. The van der Waals surface area contributed by atoms with E-state index in [1.165, 1.54) is 38.5 Å². The molecule has 3 nitrogen and oxygen atoms in total. The highest BCUT2D eigenvalue weighted by Gasteiger charge is 2.35. The van der Waals surface area contributed by atoms with E-state index in [0.717, 1.165) is 13.0 Å². The van der Waals surface area contributed by atoms with Crippen LogP contribution in [0.5, 0.6) is 0 Å². The van der Waals surface area contributed by atoms with Crippen molar-refractivity contribution in [1.82, 2.24) is 10.2 Å². The number of amides is 1. The first-order valence-corrected chi connectivity index (χ1v) is 8.10. The Balaban J connectivity index is 1.98. The van der Waals surface area contributed by atoms with E-state index in [1.54, 1.807) is 0 Å². The summed E-state index contributed by atoms with van der Waals surface area (Å²) in [5.74, 6) is 0.904. The van der Waals surface area contributed by atoms with Crippen molar-refractivity contribution < 1.29 is 4.79 Å². The molecule has 1 aliphatic heterocycles. The molecule has 2 aliphatic rings. The topological polar surface area (TPSA) is 32.3 Å². The van der Waals surface area contributed by atoms with Crippen LogP contribution < -0.4 is 5.32 Å². The third-order valence-corrected chi connectivity index (χ3v) is 5.46. The molecule has 2 rings (SSSR count). The quantitative estimate of drug-likeness (QED) is 0.482. The first kappa shape index (κ1) is 13.6. The summed E-state index contributed by atoms with van der Waals surface area (Å²) in [6.07, 6.45) is 8.70. The van der Waals surface area contributed by atoms with Gasteiger partial charge >= 0.3 is 0 Å². The van der Waals surface area contributed by atoms with Gasteiger partial charge in [0.15, 0.2) is 0 Å². The molecule has 98 valence electrons. The van der Waals surface area contributed by atoms with Gasteiger partial charge in [0, 0.05) is 6.54 Å². The number of nitrogens with one attached hydrogen (secondary N) is 1. The van der Waals surface area contributed by atoms with Crippen LogP contribution in [0.25, 0.3) is 0 Å². The average Bonchev–Trinajstić information content (AvgIpc) is 2.77. The molecule has 1 heterocycles. The molecule has 0 radical (unpaired) electrons. The number of halogens is 1. The van der Waals surface area contributed by atoms with E-state index in [0.29, 0.717) is 15.9 Å². The lowest BCUT2D eigenvalue weighted by Crippen LogP contribution is -2.50. The van der Waals surface area contributed by atoms with E-state index in [-0.39, 0.29) is 6.04 Å². The molecule has 0 spiro atoms. The van der Waals surface area contributed by atoms with Crippen LogP contribution in [0.3, 0.4) is 0 Å². The van der Waals surface area contributed by atoms with Crippen LogP contribution in [0.4, 0.5) is 0 Å². The monoisotopic (exact) mass is 350 g/mol. The molecular formula is C13H23IN2O. The summed E-state index contributed by atoms with van der Waals surface area (Å²) in [5, 5.41) is 3.27. The van der Waals surface area contributed by atoms with Crippen LogP contribution in [0, 0.1) is 5.92 Å². The maximum Gasteiger partial charge on any atom is 0.240 e. The van der Waals surface area contributed by atoms with Gasteiger partial charge < -0.3 is 10.2 Å². The number of rotatable bonds is 3. The number of alkyl halides is 1. The summed E-state index contributed by atoms with van der Waals surface area (Å²) in [4.78, 5) is 14.6. The summed E-state index contributed by atoms with van der Waals surface area (Å²) in [5.41, 5.74) is 0. The van der Waals surface area contributed by atoms with Crippen LogP contribution in [0.1, 0.15) is 44.9 Å². The lowest BCUT2D eigenvalue weighted by molar-refractivity contribution is -0.134. The summed E-state index contributed by atoms with van der Waals surface area (Å²) >= 11 is 2.41. The van der Waals surface area contributed by atoms with Gasteiger partial charge in [0.1, 0.15) is 0 Å². The zero-order valence-corrected chi connectivity index (χ0v) is 12.8. The van der Waals surface area contributed by atoms with Crippen LogP contribution >= 0.6 is 22.6 Å². The summed E-state index contributed by atoms with van der Waals surface area (Å²) < 4.78 is 0.416. The number of nitrogens with zero attached hydrogens (tertiary/aromatic N) is 1. The van der Waals surface area contributed by atoms with Crippen molar-refractivity contribution in [3.05, 3.63) is 0 Å². The molecule has 2 atom stereocenters. The zero-order valence-electron chi connectivity index (χ0n) is 10.6. The molecule has 0 aromatic heterocycles. The van der Waals surface area contributed by atoms with Crippen molar-refractivity contribution in [3.8, 4) is 0 Å². The van der Waals surface area contributed by atoms with Crippen molar-refractivity contribution in [2.45, 2.75) is 55.0 Å². The third kappa shape index (κ3) is 3.13. The predicted molar refractivity (Wildman–Crippen MR) is 78.2 cm³/mol. The lowest BCUT2D eigenvalue weighted by atomic mass is 9.83. The second-order valence-corrected chi connectivity index (χ2v) is 6.71. The van der Waals surface area contributed by atoms with E-state index in [4.69, 9.17) is 0 Å². The Kier molecular flexibility index (Phi) is 5.09. The number of likely N-dealkylation sites (tertiary alicyclic amines) is 1. The molecule has 0 aromatic rings. The molecule has 1 amide bonds. The lowest BCUT2D eigenvalue weighted by Gasteiger charge is -2.33. The minimum atomic E-state index is 0.0608. The Morgan fingerprint density at radius 1 is 1.24 bits per heavy atom. The molecular weight excluding hydrogens is 327 g/mol. The Morgan fingerprint density at radius 2 is 1.94 bits per heavy atom. The molecule has 0 aromatic carbocycles. The van der Waals surface area contributed by atoms with Crippen LogP contribution in [0.15, 0.2) is 0 Å². The summed E-state index contributed by atoms with van der Waals surface area (Å²) in [6.45, 7) is 0.956.